The fourth-order valence-electron chi connectivity index (χ4n) is 1.30. The standard InChI is InChI=1S/C7H12N4O3/c8-7(13)9-6(12)4-11-2-1-5(3-11)10-14/h14H,1-4H2,(H3,8,9,12,13)/b10-5-. The van der Waals surface area contributed by atoms with E-state index in [0.717, 1.165) is 0 Å². The zero-order valence-electron chi connectivity index (χ0n) is 7.56. The number of urea groups is 1. The van der Waals surface area contributed by atoms with Gasteiger partial charge in [-0.25, -0.2) is 4.79 Å². The Hall–Kier alpha value is -1.63. The zero-order valence-corrected chi connectivity index (χ0v) is 7.56. The molecule has 0 aliphatic carbocycles. The number of oxime groups is 1. The van der Waals surface area contributed by atoms with E-state index in [1.807, 2.05) is 5.32 Å². The van der Waals surface area contributed by atoms with Crippen molar-refractivity contribution in [1.82, 2.24) is 10.2 Å². The lowest BCUT2D eigenvalue weighted by Gasteiger charge is -2.11. The van der Waals surface area contributed by atoms with Gasteiger partial charge in [-0.3, -0.25) is 15.0 Å². The number of nitrogens with zero attached hydrogens (tertiary/aromatic N) is 2. The van der Waals surface area contributed by atoms with Gasteiger partial charge in [-0.15, -0.1) is 0 Å². The maximum absolute atomic E-state index is 11.0. The van der Waals surface area contributed by atoms with Crippen LogP contribution in [0.25, 0.3) is 0 Å². The molecule has 1 fully saturated rings. The van der Waals surface area contributed by atoms with E-state index in [0.29, 0.717) is 25.2 Å². The van der Waals surface area contributed by atoms with E-state index < -0.39 is 11.9 Å². The van der Waals surface area contributed by atoms with Crippen molar-refractivity contribution in [2.24, 2.45) is 10.9 Å². The molecule has 1 rings (SSSR count). The van der Waals surface area contributed by atoms with E-state index in [4.69, 9.17) is 10.9 Å². The summed E-state index contributed by atoms with van der Waals surface area (Å²) < 4.78 is 0. The van der Waals surface area contributed by atoms with Crippen LogP contribution in [0.5, 0.6) is 0 Å². The lowest BCUT2D eigenvalue weighted by atomic mass is 10.3. The number of primary amides is 1. The van der Waals surface area contributed by atoms with Crippen molar-refractivity contribution in [2.75, 3.05) is 19.6 Å². The van der Waals surface area contributed by atoms with Crippen molar-refractivity contribution in [3.8, 4) is 0 Å². The summed E-state index contributed by atoms with van der Waals surface area (Å²) in [6, 6.07) is -0.856. The second kappa shape index (κ2) is 4.56. The summed E-state index contributed by atoms with van der Waals surface area (Å²) >= 11 is 0. The van der Waals surface area contributed by atoms with Crippen LogP contribution in [0.3, 0.4) is 0 Å². The highest BCUT2D eigenvalue weighted by molar-refractivity contribution is 5.95. The fourth-order valence-corrected chi connectivity index (χ4v) is 1.30. The topological polar surface area (TPSA) is 108 Å². The van der Waals surface area contributed by atoms with Gasteiger partial charge in [0.25, 0.3) is 0 Å². The van der Waals surface area contributed by atoms with Crippen molar-refractivity contribution < 1.29 is 14.8 Å². The molecule has 0 aromatic rings. The molecule has 0 aromatic heterocycles. The molecule has 4 N–H and O–H groups in total. The second-order valence-corrected chi connectivity index (χ2v) is 3.04. The lowest BCUT2D eigenvalue weighted by Crippen LogP contribution is -2.41. The molecule has 1 aliphatic heterocycles. The summed E-state index contributed by atoms with van der Waals surface area (Å²) in [4.78, 5) is 23.1. The van der Waals surface area contributed by atoms with Crippen molar-refractivity contribution in [1.29, 1.82) is 0 Å². The van der Waals surface area contributed by atoms with E-state index in [1.165, 1.54) is 0 Å². The molecule has 0 aromatic carbocycles. The maximum Gasteiger partial charge on any atom is 0.318 e. The molecule has 1 heterocycles. The number of rotatable bonds is 2. The molecule has 0 unspecified atom stereocenters. The maximum atomic E-state index is 11.0. The molecule has 1 saturated heterocycles. The van der Waals surface area contributed by atoms with E-state index >= 15 is 0 Å². The Labute approximate surface area is 80.5 Å². The first-order chi connectivity index (χ1) is 6.61. The van der Waals surface area contributed by atoms with Crippen molar-refractivity contribution >= 4 is 17.6 Å². The minimum atomic E-state index is -0.856. The Bertz CT molecular complexity index is 276. The quantitative estimate of drug-likeness (QED) is 0.381. The number of nitrogens with one attached hydrogen (secondary N) is 1. The predicted octanol–water partition coefficient (Wildman–Crippen LogP) is -1.28. The fraction of sp³-hybridized carbons (Fsp3) is 0.571. The molecule has 14 heavy (non-hydrogen) atoms. The number of carbonyl (C=O) groups excluding carboxylic acids is 2. The monoisotopic (exact) mass is 200 g/mol. The van der Waals surface area contributed by atoms with Crippen molar-refractivity contribution in [3.05, 3.63) is 0 Å². The summed E-state index contributed by atoms with van der Waals surface area (Å²) in [5.41, 5.74) is 5.40. The average molecular weight is 200 g/mol. The van der Waals surface area contributed by atoms with Gasteiger partial charge < -0.3 is 10.9 Å². The first kappa shape index (κ1) is 10.5. The van der Waals surface area contributed by atoms with Crippen LogP contribution in [-0.2, 0) is 4.79 Å². The van der Waals surface area contributed by atoms with Crippen LogP contribution in [0, 0.1) is 0 Å². The Morgan fingerprint density at radius 3 is 2.86 bits per heavy atom. The van der Waals surface area contributed by atoms with Crippen LogP contribution in [0.4, 0.5) is 4.79 Å². The van der Waals surface area contributed by atoms with Crippen LogP contribution >= 0.6 is 0 Å². The first-order valence-electron chi connectivity index (χ1n) is 4.13. The van der Waals surface area contributed by atoms with Gasteiger partial charge in [-0.1, -0.05) is 5.16 Å². The molecule has 78 valence electrons. The van der Waals surface area contributed by atoms with Crippen LogP contribution in [0.15, 0.2) is 5.16 Å². The number of hydrogen-bond acceptors (Lipinski definition) is 5. The molecule has 0 bridgehead atoms. The highest BCUT2D eigenvalue weighted by atomic mass is 16.4. The smallest absolute Gasteiger partial charge is 0.318 e. The SMILES string of the molecule is NC(=O)NC(=O)CN1CC/C(=N/O)C1. The van der Waals surface area contributed by atoms with Crippen LogP contribution in [0.1, 0.15) is 6.42 Å². The summed E-state index contributed by atoms with van der Waals surface area (Å²) in [5.74, 6) is -0.448. The van der Waals surface area contributed by atoms with E-state index in [2.05, 4.69) is 5.16 Å². The molecule has 1 aliphatic rings. The summed E-state index contributed by atoms with van der Waals surface area (Å²) in [6.45, 7) is 1.18. The van der Waals surface area contributed by atoms with Crippen molar-refractivity contribution in [3.63, 3.8) is 0 Å². The zero-order chi connectivity index (χ0) is 10.6. The van der Waals surface area contributed by atoms with Crippen LogP contribution < -0.4 is 11.1 Å². The first-order valence-corrected chi connectivity index (χ1v) is 4.13. The molecular weight excluding hydrogens is 188 g/mol. The summed E-state index contributed by atoms with van der Waals surface area (Å²) in [6.07, 6.45) is 0.639. The molecule has 7 heteroatoms. The molecule has 7 nitrogen and oxygen atoms in total. The summed E-state index contributed by atoms with van der Waals surface area (Å²) in [5, 5.41) is 13.5. The Balaban J connectivity index is 2.32. The Kier molecular flexibility index (Phi) is 3.41. The van der Waals surface area contributed by atoms with Gasteiger partial charge in [-0.05, 0) is 0 Å². The van der Waals surface area contributed by atoms with Gasteiger partial charge in [0.05, 0.1) is 12.3 Å². The van der Waals surface area contributed by atoms with E-state index in [-0.39, 0.29) is 6.54 Å². The predicted molar refractivity (Wildman–Crippen MR) is 48.0 cm³/mol. The lowest BCUT2D eigenvalue weighted by molar-refractivity contribution is -0.120. The molecule has 3 amide bonds. The third kappa shape index (κ3) is 3.02. The second-order valence-electron chi connectivity index (χ2n) is 3.04. The highest BCUT2D eigenvalue weighted by Gasteiger charge is 2.20. The average Bonchev–Trinajstić information content (AvgIpc) is 2.50. The molecule has 0 radical (unpaired) electrons. The third-order valence-corrected chi connectivity index (χ3v) is 1.89. The van der Waals surface area contributed by atoms with E-state index in [1.54, 1.807) is 4.90 Å². The number of carbonyl (C=O) groups is 2. The number of imide groups is 1. The van der Waals surface area contributed by atoms with Crippen LogP contribution in [0.2, 0.25) is 0 Å². The van der Waals surface area contributed by atoms with E-state index in [9.17, 15) is 9.59 Å². The minimum absolute atomic E-state index is 0.0853. The van der Waals surface area contributed by atoms with Crippen molar-refractivity contribution in [2.45, 2.75) is 6.42 Å². The number of hydrogen-bond donors (Lipinski definition) is 3. The molecule has 0 spiro atoms. The molecular formula is C7H12N4O3. The van der Waals surface area contributed by atoms with Crippen LogP contribution in [-0.4, -0.2) is 47.4 Å². The van der Waals surface area contributed by atoms with Gasteiger partial charge in [0.1, 0.15) is 0 Å². The highest BCUT2D eigenvalue weighted by Crippen LogP contribution is 2.04. The third-order valence-electron chi connectivity index (χ3n) is 1.89. The number of nitrogens with two attached hydrogens (primary N) is 1. The van der Waals surface area contributed by atoms with Gasteiger partial charge in [0, 0.05) is 19.5 Å². The largest absolute Gasteiger partial charge is 0.411 e. The van der Waals surface area contributed by atoms with Gasteiger partial charge in [0.2, 0.25) is 5.91 Å². The van der Waals surface area contributed by atoms with Gasteiger partial charge in [0.15, 0.2) is 0 Å². The van der Waals surface area contributed by atoms with Gasteiger partial charge >= 0.3 is 6.03 Å². The summed E-state index contributed by atoms with van der Waals surface area (Å²) in [7, 11) is 0. The Morgan fingerprint density at radius 2 is 2.36 bits per heavy atom. The normalized spacial score (nSPS) is 19.9. The number of likely N-dealkylation sites (tertiary alicyclic amines) is 1. The molecule has 0 atom stereocenters. The minimum Gasteiger partial charge on any atom is -0.411 e. The molecule has 0 saturated carbocycles. The number of amides is 3. The van der Waals surface area contributed by atoms with Gasteiger partial charge in [-0.2, -0.15) is 0 Å². The Morgan fingerprint density at radius 1 is 1.64 bits per heavy atom.